The zero-order valence-electron chi connectivity index (χ0n) is 15.2. The van der Waals surface area contributed by atoms with E-state index in [9.17, 15) is 9.59 Å². The van der Waals surface area contributed by atoms with Crippen LogP contribution < -0.4 is 10.9 Å². The molecule has 0 atom stereocenters. The van der Waals surface area contributed by atoms with Gasteiger partial charge in [-0.05, 0) is 26.0 Å². The quantitative estimate of drug-likeness (QED) is 0.676. The molecule has 0 saturated carbocycles. The molecule has 2 heterocycles. The van der Waals surface area contributed by atoms with Crippen LogP contribution in [0.2, 0.25) is 0 Å². The van der Waals surface area contributed by atoms with Crippen molar-refractivity contribution in [3.8, 4) is 0 Å². The van der Waals surface area contributed by atoms with Gasteiger partial charge < -0.3 is 19.4 Å². The Morgan fingerprint density at radius 3 is 2.46 bits per heavy atom. The molecule has 138 valence electrons. The van der Waals surface area contributed by atoms with Gasteiger partial charge in [-0.25, -0.2) is 4.98 Å². The van der Waals surface area contributed by atoms with Crippen molar-refractivity contribution < 1.29 is 14.3 Å². The zero-order valence-corrected chi connectivity index (χ0v) is 15.2. The third-order valence-electron chi connectivity index (χ3n) is 4.28. The van der Waals surface area contributed by atoms with Crippen LogP contribution >= 0.6 is 0 Å². The van der Waals surface area contributed by atoms with Crippen LogP contribution in [0.5, 0.6) is 0 Å². The molecule has 26 heavy (non-hydrogen) atoms. The maximum Gasteiger partial charge on any atom is 0.278 e. The molecule has 1 amide bonds. The highest BCUT2D eigenvalue weighted by atomic mass is 16.7. The molecule has 3 aromatic rings. The first kappa shape index (κ1) is 18.1. The van der Waals surface area contributed by atoms with E-state index in [0.717, 1.165) is 11.0 Å². The summed E-state index contributed by atoms with van der Waals surface area (Å²) in [7, 11) is 2.97. The number of benzene rings is 1. The van der Waals surface area contributed by atoms with Gasteiger partial charge in [0.2, 0.25) is 0 Å². The number of ether oxygens (including phenoxy) is 2. The number of rotatable bonds is 6. The van der Waals surface area contributed by atoms with Gasteiger partial charge in [0, 0.05) is 20.3 Å². The Morgan fingerprint density at radius 2 is 1.85 bits per heavy atom. The van der Waals surface area contributed by atoms with Gasteiger partial charge in [-0.15, -0.1) is 0 Å². The normalized spacial score (nSPS) is 11.8. The minimum Gasteiger partial charge on any atom is -0.354 e. The Hall–Kier alpha value is -2.71. The number of hydrogen-bond donors (Lipinski definition) is 1. The van der Waals surface area contributed by atoms with Crippen LogP contribution in [0.25, 0.3) is 16.6 Å². The predicted molar refractivity (Wildman–Crippen MR) is 97.5 cm³/mol. The molecule has 0 aliphatic heterocycles. The first-order valence-electron chi connectivity index (χ1n) is 8.33. The molecule has 0 fully saturated rings. The summed E-state index contributed by atoms with van der Waals surface area (Å²) in [5.74, 6) is -0.450. The lowest BCUT2D eigenvalue weighted by Crippen LogP contribution is -2.35. The molecular weight excluding hydrogens is 336 g/mol. The number of nitrogens with zero attached hydrogens (tertiary/aromatic N) is 3. The fourth-order valence-corrected chi connectivity index (χ4v) is 3.03. The molecule has 1 N–H and O–H groups in total. The number of carbonyl (C=O) groups excluding carboxylic acids is 1. The first-order chi connectivity index (χ1) is 12.5. The van der Waals surface area contributed by atoms with Crippen molar-refractivity contribution in [3.05, 3.63) is 46.6 Å². The molecule has 0 unspecified atom stereocenters. The van der Waals surface area contributed by atoms with E-state index in [-0.39, 0.29) is 29.4 Å². The van der Waals surface area contributed by atoms with Gasteiger partial charge in [-0.2, -0.15) is 0 Å². The molecule has 0 radical (unpaired) electrons. The van der Waals surface area contributed by atoms with Gasteiger partial charge >= 0.3 is 0 Å². The first-order valence-corrected chi connectivity index (χ1v) is 8.33. The smallest absolute Gasteiger partial charge is 0.278 e. The number of hydrogen-bond acceptors (Lipinski definition) is 5. The Labute approximate surface area is 150 Å². The van der Waals surface area contributed by atoms with Gasteiger partial charge in [0.25, 0.3) is 11.5 Å². The molecule has 1 aromatic carbocycles. The van der Waals surface area contributed by atoms with Crippen LogP contribution in [0, 0.1) is 0 Å². The highest BCUT2D eigenvalue weighted by Crippen LogP contribution is 2.19. The van der Waals surface area contributed by atoms with Gasteiger partial charge in [0.1, 0.15) is 11.8 Å². The van der Waals surface area contributed by atoms with E-state index in [1.54, 1.807) is 8.97 Å². The number of para-hydroxylation sites is 2. The van der Waals surface area contributed by atoms with Crippen LogP contribution in [0.3, 0.4) is 0 Å². The second-order valence-corrected chi connectivity index (χ2v) is 6.18. The van der Waals surface area contributed by atoms with E-state index < -0.39 is 12.2 Å². The number of methoxy groups -OCH3 is 2. The zero-order chi connectivity index (χ0) is 18.8. The summed E-state index contributed by atoms with van der Waals surface area (Å²) in [5, 5.41) is 2.69. The van der Waals surface area contributed by atoms with Gasteiger partial charge in [-0.3, -0.25) is 14.0 Å². The Bertz CT molecular complexity index is 1000. The van der Waals surface area contributed by atoms with E-state index in [1.165, 1.54) is 20.5 Å². The van der Waals surface area contributed by atoms with E-state index in [2.05, 4.69) is 10.3 Å². The number of fused-ring (bicyclic) bond motifs is 3. The minimum absolute atomic E-state index is 0.0606. The molecule has 0 aliphatic carbocycles. The van der Waals surface area contributed by atoms with Crippen LogP contribution in [0.1, 0.15) is 30.4 Å². The summed E-state index contributed by atoms with van der Waals surface area (Å²) in [5.41, 5.74) is 1.69. The van der Waals surface area contributed by atoms with Crippen LogP contribution in [0.4, 0.5) is 0 Å². The third-order valence-corrected chi connectivity index (χ3v) is 4.28. The molecule has 0 saturated heterocycles. The number of nitrogens with one attached hydrogen (secondary N) is 1. The molecule has 2 aromatic heterocycles. The van der Waals surface area contributed by atoms with E-state index >= 15 is 0 Å². The van der Waals surface area contributed by atoms with Crippen molar-refractivity contribution in [3.63, 3.8) is 0 Å². The standard InChI is InChI=1S/C18H22N4O4/c1-11(2)22-13-8-6-5-7-12(13)21-10-20-15(16(21)18(22)24)17(23)19-9-14(25-3)26-4/h5-8,10-11,14H,9H2,1-4H3,(H,19,23). The fourth-order valence-electron chi connectivity index (χ4n) is 3.03. The lowest BCUT2D eigenvalue weighted by Gasteiger charge is -2.16. The maximum absolute atomic E-state index is 13.1. The Kier molecular flexibility index (Phi) is 5.06. The summed E-state index contributed by atoms with van der Waals surface area (Å²) >= 11 is 0. The number of imidazole rings is 1. The predicted octanol–water partition coefficient (Wildman–Crippen LogP) is 1.58. The second kappa shape index (κ2) is 7.27. The fraction of sp³-hybridized carbons (Fsp3) is 0.389. The molecule has 8 nitrogen and oxygen atoms in total. The van der Waals surface area contributed by atoms with Gasteiger partial charge in [-0.1, -0.05) is 12.1 Å². The van der Waals surface area contributed by atoms with Crippen LogP contribution in [-0.4, -0.2) is 46.9 Å². The van der Waals surface area contributed by atoms with Gasteiger partial charge in [0.15, 0.2) is 12.0 Å². The van der Waals surface area contributed by atoms with Gasteiger partial charge in [0.05, 0.1) is 17.6 Å². The average molecular weight is 358 g/mol. The largest absolute Gasteiger partial charge is 0.354 e. The summed E-state index contributed by atoms with van der Waals surface area (Å²) in [6.45, 7) is 4.02. The molecule has 0 spiro atoms. The summed E-state index contributed by atoms with van der Waals surface area (Å²) in [6.07, 6.45) is 0.934. The Balaban J connectivity index is 2.15. The lowest BCUT2D eigenvalue weighted by atomic mass is 10.2. The molecule has 8 heteroatoms. The van der Waals surface area contributed by atoms with E-state index in [0.29, 0.717) is 0 Å². The van der Waals surface area contributed by atoms with Crippen molar-refractivity contribution in [2.24, 2.45) is 0 Å². The van der Waals surface area contributed by atoms with Crippen molar-refractivity contribution in [2.75, 3.05) is 20.8 Å². The Morgan fingerprint density at radius 1 is 1.19 bits per heavy atom. The number of carbonyl (C=O) groups is 1. The highest BCUT2D eigenvalue weighted by Gasteiger charge is 2.21. The summed E-state index contributed by atoms with van der Waals surface area (Å²) < 4.78 is 13.5. The van der Waals surface area contributed by atoms with Crippen molar-refractivity contribution in [1.82, 2.24) is 19.3 Å². The molecular formula is C18H22N4O4. The topological polar surface area (TPSA) is 86.9 Å². The van der Waals surface area contributed by atoms with Crippen LogP contribution in [0.15, 0.2) is 35.4 Å². The lowest BCUT2D eigenvalue weighted by molar-refractivity contribution is -0.0974. The summed E-state index contributed by atoms with van der Waals surface area (Å²) in [4.78, 5) is 29.9. The number of amides is 1. The van der Waals surface area contributed by atoms with E-state index in [4.69, 9.17) is 9.47 Å². The highest BCUT2D eigenvalue weighted by molar-refractivity contribution is 5.99. The second-order valence-electron chi connectivity index (χ2n) is 6.18. The number of aromatic nitrogens is 3. The van der Waals surface area contributed by atoms with Crippen LogP contribution in [-0.2, 0) is 9.47 Å². The van der Waals surface area contributed by atoms with Crippen molar-refractivity contribution in [1.29, 1.82) is 0 Å². The minimum atomic E-state index is -0.569. The molecule has 0 bridgehead atoms. The maximum atomic E-state index is 13.1. The summed E-state index contributed by atoms with van der Waals surface area (Å²) in [6, 6.07) is 7.49. The molecule has 3 rings (SSSR count). The van der Waals surface area contributed by atoms with E-state index in [1.807, 2.05) is 38.1 Å². The monoisotopic (exact) mass is 358 g/mol. The van der Waals surface area contributed by atoms with Crippen molar-refractivity contribution >= 4 is 22.5 Å². The third kappa shape index (κ3) is 2.97. The SMILES string of the molecule is COC(CNC(=O)c1ncn2c1c(=O)n(C(C)C)c1ccccc12)OC. The van der Waals surface area contributed by atoms with Crippen molar-refractivity contribution in [2.45, 2.75) is 26.2 Å². The molecule has 0 aliphatic rings. The average Bonchev–Trinajstić information content (AvgIpc) is 3.08.